The molecule has 1 heterocycles. The smallest absolute Gasteiger partial charge is 0.118 e. The minimum Gasteiger partial charge on any atom is -0.497 e. The lowest BCUT2D eigenvalue weighted by Crippen LogP contribution is -2.17. The fourth-order valence-corrected chi connectivity index (χ4v) is 3.08. The molecule has 0 saturated heterocycles. The van der Waals surface area contributed by atoms with E-state index < -0.39 is 0 Å². The Hall–Kier alpha value is -1.83. The highest BCUT2D eigenvalue weighted by atomic mass is 16.5. The van der Waals surface area contributed by atoms with E-state index in [2.05, 4.69) is 42.2 Å². The van der Waals surface area contributed by atoms with E-state index in [-0.39, 0.29) is 0 Å². The van der Waals surface area contributed by atoms with E-state index >= 15 is 0 Å². The van der Waals surface area contributed by atoms with Crippen LogP contribution in [0, 0.1) is 12.8 Å². The second-order valence-electron chi connectivity index (χ2n) is 5.78. The molecule has 0 amide bonds. The minimum absolute atomic E-state index is 0.736. The van der Waals surface area contributed by atoms with E-state index in [1.54, 1.807) is 7.11 Å². The van der Waals surface area contributed by atoms with Crippen LogP contribution in [0.1, 0.15) is 28.8 Å². The van der Waals surface area contributed by atoms with Crippen LogP contribution in [0.2, 0.25) is 0 Å². The summed E-state index contributed by atoms with van der Waals surface area (Å²) in [6.07, 6.45) is 6.67. The molecule has 1 aromatic carbocycles. The van der Waals surface area contributed by atoms with Crippen molar-refractivity contribution in [3.05, 3.63) is 58.9 Å². The van der Waals surface area contributed by atoms with E-state index in [1.165, 1.54) is 28.8 Å². The van der Waals surface area contributed by atoms with Crippen molar-refractivity contribution in [2.24, 2.45) is 5.92 Å². The predicted octanol–water partition coefficient (Wildman–Crippen LogP) is 3.75. The summed E-state index contributed by atoms with van der Waals surface area (Å²) in [6, 6.07) is 10.8. The lowest BCUT2D eigenvalue weighted by atomic mass is 9.82. The van der Waals surface area contributed by atoms with Crippen LogP contribution in [-0.4, -0.2) is 12.1 Å². The van der Waals surface area contributed by atoms with Crippen LogP contribution in [0.3, 0.4) is 0 Å². The summed E-state index contributed by atoms with van der Waals surface area (Å²) in [6.45, 7) is 2.13. The van der Waals surface area contributed by atoms with Crippen LogP contribution in [0.15, 0.2) is 36.5 Å². The zero-order valence-corrected chi connectivity index (χ0v) is 12.2. The number of methoxy groups -OCH3 is 1. The number of aromatic nitrogens is 1. The van der Waals surface area contributed by atoms with Gasteiger partial charge in [-0.15, -0.1) is 0 Å². The SMILES string of the molecule is COc1ccc(CC2CCc3ncc(C)cc3C2)cc1. The highest BCUT2D eigenvalue weighted by Gasteiger charge is 2.19. The minimum atomic E-state index is 0.736. The largest absolute Gasteiger partial charge is 0.497 e. The number of pyridine rings is 1. The van der Waals surface area contributed by atoms with Gasteiger partial charge in [0.25, 0.3) is 0 Å². The molecule has 0 saturated carbocycles. The third kappa shape index (κ3) is 2.84. The van der Waals surface area contributed by atoms with Crippen LogP contribution >= 0.6 is 0 Å². The zero-order chi connectivity index (χ0) is 13.9. The molecule has 0 fully saturated rings. The topological polar surface area (TPSA) is 22.1 Å². The van der Waals surface area contributed by atoms with Gasteiger partial charge < -0.3 is 4.74 Å². The number of nitrogens with zero attached hydrogens (tertiary/aromatic N) is 1. The Morgan fingerprint density at radius 3 is 2.80 bits per heavy atom. The Balaban J connectivity index is 1.70. The van der Waals surface area contributed by atoms with Gasteiger partial charge in [-0.25, -0.2) is 0 Å². The van der Waals surface area contributed by atoms with Gasteiger partial charge in [0.1, 0.15) is 5.75 Å². The molecule has 1 aliphatic carbocycles. The second kappa shape index (κ2) is 5.66. The molecule has 20 heavy (non-hydrogen) atoms. The van der Waals surface area contributed by atoms with E-state index in [0.29, 0.717) is 0 Å². The molecule has 1 atom stereocenters. The van der Waals surface area contributed by atoms with Crippen molar-refractivity contribution in [1.29, 1.82) is 0 Å². The van der Waals surface area contributed by atoms with E-state index in [9.17, 15) is 0 Å². The van der Waals surface area contributed by atoms with Gasteiger partial charge in [-0.1, -0.05) is 18.2 Å². The molecule has 3 rings (SSSR count). The standard InChI is InChI=1S/C18H21NO/c1-13-9-16-11-15(5-8-18(16)19-12-13)10-14-3-6-17(20-2)7-4-14/h3-4,6-7,9,12,15H,5,8,10-11H2,1-2H3. The first kappa shape index (κ1) is 13.2. The molecule has 1 aromatic heterocycles. The van der Waals surface area contributed by atoms with Crippen molar-refractivity contribution in [3.8, 4) is 5.75 Å². The number of benzene rings is 1. The number of ether oxygens (including phenoxy) is 1. The number of hydrogen-bond acceptors (Lipinski definition) is 2. The molecular weight excluding hydrogens is 246 g/mol. The maximum Gasteiger partial charge on any atom is 0.118 e. The molecule has 2 heteroatoms. The number of rotatable bonds is 3. The summed E-state index contributed by atoms with van der Waals surface area (Å²) in [5.41, 5.74) is 5.44. The van der Waals surface area contributed by atoms with Gasteiger partial charge in [-0.3, -0.25) is 4.98 Å². The van der Waals surface area contributed by atoms with Crippen LogP contribution in [0.5, 0.6) is 5.75 Å². The van der Waals surface area contributed by atoms with Gasteiger partial charge in [-0.05, 0) is 67.3 Å². The normalized spacial score (nSPS) is 17.6. The van der Waals surface area contributed by atoms with Crippen LogP contribution in [0.4, 0.5) is 0 Å². The Morgan fingerprint density at radius 2 is 2.05 bits per heavy atom. The van der Waals surface area contributed by atoms with E-state index in [1.807, 2.05) is 6.20 Å². The first-order valence-electron chi connectivity index (χ1n) is 7.32. The average molecular weight is 267 g/mol. The molecule has 2 nitrogen and oxygen atoms in total. The van der Waals surface area contributed by atoms with Gasteiger partial charge >= 0.3 is 0 Å². The third-order valence-corrected chi connectivity index (χ3v) is 4.18. The number of aryl methyl sites for hydroxylation is 2. The molecule has 1 unspecified atom stereocenters. The summed E-state index contributed by atoms with van der Waals surface area (Å²) in [4.78, 5) is 4.57. The van der Waals surface area contributed by atoms with E-state index in [0.717, 1.165) is 30.9 Å². The molecular formula is C18H21NO. The zero-order valence-electron chi connectivity index (χ0n) is 12.2. The average Bonchev–Trinajstić information content (AvgIpc) is 2.47. The van der Waals surface area contributed by atoms with Crippen LogP contribution < -0.4 is 4.74 Å². The number of hydrogen-bond donors (Lipinski definition) is 0. The quantitative estimate of drug-likeness (QED) is 0.845. The first-order chi connectivity index (χ1) is 9.74. The van der Waals surface area contributed by atoms with Gasteiger partial charge in [0.15, 0.2) is 0 Å². The second-order valence-corrected chi connectivity index (χ2v) is 5.78. The van der Waals surface area contributed by atoms with E-state index in [4.69, 9.17) is 4.74 Å². The first-order valence-corrected chi connectivity index (χ1v) is 7.32. The summed E-state index contributed by atoms with van der Waals surface area (Å²) < 4.78 is 5.21. The van der Waals surface area contributed by atoms with Crippen molar-refractivity contribution in [2.75, 3.05) is 7.11 Å². The highest BCUT2D eigenvalue weighted by Crippen LogP contribution is 2.27. The van der Waals surface area contributed by atoms with Crippen molar-refractivity contribution >= 4 is 0 Å². The third-order valence-electron chi connectivity index (χ3n) is 4.18. The fraction of sp³-hybridized carbons (Fsp3) is 0.389. The highest BCUT2D eigenvalue weighted by molar-refractivity contribution is 5.30. The van der Waals surface area contributed by atoms with Crippen molar-refractivity contribution in [1.82, 2.24) is 4.98 Å². The van der Waals surface area contributed by atoms with Crippen LogP contribution in [-0.2, 0) is 19.3 Å². The summed E-state index contributed by atoms with van der Waals surface area (Å²) in [5, 5.41) is 0. The van der Waals surface area contributed by atoms with Crippen molar-refractivity contribution in [2.45, 2.75) is 32.6 Å². The van der Waals surface area contributed by atoms with Gasteiger partial charge in [0.2, 0.25) is 0 Å². The van der Waals surface area contributed by atoms with Gasteiger partial charge in [-0.2, -0.15) is 0 Å². The Morgan fingerprint density at radius 1 is 1.25 bits per heavy atom. The maximum atomic E-state index is 5.21. The molecule has 0 bridgehead atoms. The molecule has 0 aliphatic heterocycles. The molecule has 0 N–H and O–H groups in total. The summed E-state index contributed by atoms with van der Waals surface area (Å²) in [7, 11) is 1.71. The molecule has 1 aliphatic rings. The van der Waals surface area contributed by atoms with Gasteiger partial charge in [0, 0.05) is 11.9 Å². The summed E-state index contributed by atoms with van der Waals surface area (Å²) in [5.74, 6) is 1.67. The molecule has 2 aromatic rings. The fourth-order valence-electron chi connectivity index (χ4n) is 3.08. The summed E-state index contributed by atoms with van der Waals surface area (Å²) >= 11 is 0. The molecule has 104 valence electrons. The van der Waals surface area contributed by atoms with Crippen molar-refractivity contribution in [3.63, 3.8) is 0 Å². The van der Waals surface area contributed by atoms with Gasteiger partial charge in [0.05, 0.1) is 7.11 Å². The van der Waals surface area contributed by atoms with Crippen molar-refractivity contribution < 1.29 is 4.74 Å². The Kier molecular flexibility index (Phi) is 3.72. The predicted molar refractivity (Wildman–Crippen MR) is 81.2 cm³/mol. The number of fused-ring (bicyclic) bond motifs is 1. The maximum absolute atomic E-state index is 5.21. The molecule has 0 spiro atoms. The lowest BCUT2D eigenvalue weighted by Gasteiger charge is -2.24. The Bertz CT molecular complexity index is 589. The molecule has 0 radical (unpaired) electrons. The lowest BCUT2D eigenvalue weighted by molar-refractivity contribution is 0.414. The monoisotopic (exact) mass is 267 g/mol. The van der Waals surface area contributed by atoms with Crippen LogP contribution in [0.25, 0.3) is 0 Å². The Labute approximate surface area is 120 Å².